The summed E-state index contributed by atoms with van der Waals surface area (Å²) < 4.78 is 6.17. The number of carbonyl (C=O) groups is 1. The van der Waals surface area contributed by atoms with Crippen molar-refractivity contribution in [3.63, 3.8) is 0 Å². The third-order valence-electron chi connectivity index (χ3n) is 2.44. The number of aromatic nitrogens is 1. The highest BCUT2D eigenvalue weighted by Crippen LogP contribution is 2.29. The van der Waals surface area contributed by atoms with E-state index < -0.39 is 0 Å². The summed E-state index contributed by atoms with van der Waals surface area (Å²) in [6.07, 6.45) is 0.513. The monoisotopic (exact) mass is 264 g/mol. The van der Waals surface area contributed by atoms with Gasteiger partial charge in [0, 0.05) is 6.42 Å². The van der Waals surface area contributed by atoms with Crippen molar-refractivity contribution in [3.05, 3.63) is 18.2 Å². The van der Waals surface area contributed by atoms with Gasteiger partial charge in [-0.05, 0) is 24.1 Å². The first-order valence-electron chi connectivity index (χ1n) is 5.83. The lowest BCUT2D eigenvalue weighted by atomic mass is 10.1. The van der Waals surface area contributed by atoms with Crippen molar-refractivity contribution < 1.29 is 9.53 Å². The van der Waals surface area contributed by atoms with Crippen molar-refractivity contribution in [2.75, 3.05) is 12.4 Å². The van der Waals surface area contributed by atoms with E-state index in [0.717, 1.165) is 16.0 Å². The molecular formula is C13H16N2O2S. The fraction of sp³-hybridized carbons (Fsp3) is 0.385. The molecule has 0 atom stereocenters. The van der Waals surface area contributed by atoms with E-state index in [9.17, 15) is 4.79 Å². The average molecular weight is 264 g/mol. The average Bonchev–Trinajstić information content (AvgIpc) is 2.68. The molecule has 0 unspecified atom stereocenters. The highest BCUT2D eigenvalue weighted by molar-refractivity contribution is 7.22. The van der Waals surface area contributed by atoms with E-state index in [-0.39, 0.29) is 5.91 Å². The molecule has 2 aromatic rings. The Hall–Kier alpha value is -1.62. The Morgan fingerprint density at radius 2 is 2.28 bits per heavy atom. The molecule has 0 spiro atoms. The number of amides is 1. The molecule has 4 nitrogen and oxygen atoms in total. The summed E-state index contributed by atoms with van der Waals surface area (Å²) >= 11 is 1.46. The smallest absolute Gasteiger partial charge is 0.226 e. The minimum absolute atomic E-state index is 0.0102. The maximum absolute atomic E-state index is 11.7. The molecule has 1 aromatic carbocycles. The number of ether oxygens (including phenoxy) is 1. The van der Waals surface area contributed by atoms with Crippen LogP contribution >= 0.6 is 11.3 Å². The van der Waals surface area contributed by atoms with Gasteiger partial charge in [0.25, 0.3) is 0 Å². The van der Waals surface area contributed by atoms with Gasteiger partial charge in [0.2, 0.25) is 5.91 Å². The second kappa shape index (κ2) is 5.35. The second-order valence-electron chi connectivity index (χ2n) is 4.50. The standard InChI is InChI=1S/C13H16N2O2S/c1-8(2)6-12(16)15-13-14-10-5-4-9(17-3)7-11(10)18-13/h4-5,7-8H,6H2,1-3H3,(H,14,15,16). The molecule has 0 aliphatic carbocycles. The van der Waals surface area contributed by atoms with Crippen molar-refractivity contribution in [1.82, 2.24) is 4.98 Å². The quantitative estimate of drug-likeness (QED) is 0.922. The predicted octanol–water partition coefficient (Wildman–Crippen LogP) is 3.29. The maximum atomic E-state index is 11.7. The van der Waals surface area contributed by atoms with Gasteiger partial charge in [-0.25, -0.2) is 4.98 Å². The molecule has 0 saturated heterocycles. The molecule has 0 saturated carbocycles. The first-order valence-corrected chi connectivity index (χ1v) is 6.64. The molecule has 1 aromatic heterocycles. The molecule has 0 radical (unpaired) electrons. The van der Waals surface area contributed by atoms with Gasteiger partial charge in [-0.15, -0.1) is 0 Å². The maximum Gasteiger partial charge on any atom is 0.226 e. The summed E-state index contributed by atoms with van der Waals surface area (Å²) in [6, 6.07) is 5.68. The van der Waals surface area contributed by atoms with Crippen LogP contribution in [-0.2, 0) is 4.79 Å². The molecule has 0 fully saturated rings. The van der Waals surface area contributed by atoms with E-state index in [4.69, 9.17) is 4.74 Å². The first kappa shape index (κ1) is 12.8. The number of fused-ring (bicyclic) bond motifs is 1. The van der Waals surface area contributed by atoms with Crippen LogP contribution in [0, 0.1) is 5.92 Å². The van der Waals surface area contributed by atoms with Crippen molar-refractivity contribution in [2.24, 2.45) is 5.92 Å². The van der Waals surface area contributed by atoms with E-state index in [1.165, 1.54) is 11.3 Å². The van der Waals surface area contributed by atoms with Crippen molar-refractivity contribution >= 4 is 32.6 Å². The Balaban J connectivity index is 2.17. The topological polar surface area (TPSA) is 51.2 Å². The molecule has 5 heteroatoms. The SMILES string of the molecule is COc1ccc2nc(NC(=O)CC(C)C)sc2c1. The van der Waals surface area contributed by atoms with Gasteiger partial charge in [0.1, 0.15) is 5.75 Å². The summed E-state index contributed by atoms with van der Waals surface area (Å²) in [7, 11) is 1.63. The molecule has 1 N–H and O–H groups in total. The lowest BCUT2D eigenvalue weighted by Gasteiger charge is -2.03. The summed E-state index contributed by atoms with van der Waals surface area (Å²) in [5, 5.41) is 3.47. The van der Waals surface area contributed by atoms with Crippen LogP contribution in [0.5, 0.6) is 5.75 Å². The van der Waals surface area contributed by atoms with Gasteiger partial charge in [0.05, 0.1) is 17.3 Å². The zero-order valence-electron chi connectivity index (χ0n) is 10.7. The molecule has 96 valence electrons. The third-order valence-corrected chi connectivity index (χ3v) is 3.37. The number of hydrogen-bond acceptors (Lipinski definition) is 4. The Kier molecular flexibility index (Phi) is 3.81. The van der Waals surface area contributed by atoms with E-state index in [1.54, 1.807) is 7.11 Å². The van der Waals surface area contributed by atoms with Gasteiger partial charge in [-0.1, -0.05) is 25.2 Å². The van der Waals surface area contributed by atoms with Crippen LogP contribution in [-0.4, -0.2) is 18.0 Å². The molecule has 2 rings (SSSR count). The van der Waals surface area contributed by atoms with E-state index >= 15 is 0 Å². The van der Waals surface area contributed by atoms with Crippen LogP contribution in [0.25, 0.3) is 10.2 Å². The van der Waals surface area contributed by atoms with Gasteiger partial charge >= 0.3 is 0 Å². The van der Waals surface area contributed by atoms with Gasteiger partial charge in [0.15, 0.2) is 5.13 Å². The Bertz CT molecular complexity index is 563. The van der Waals surface area contributed by atoms with Crippen LogP contribution in [0.3, 0.4) is 0 Å². The summed E-state index contributed by atoms with van der Waals surface area (Å²) in [4.78, 5) is 16.0. The van der Waals surface area contributed by atoms with Crippen molar-refractivity contribution in [3.8, 4) is 5.75 Å². The number of rotatable bonds is 4. The van der Waals surface area contributed by atoms with Gasteiger partial charge < -0.3 is 10.1 Å². The summed E-state index contributed by atoms with van der Waals surface area (Å²) in [5.74, 6) is 1.15. The van der Waals surface area contributed by atoms with Crippen molar-refractivity contribution in [2.45, 2.75) is 20.3 Å². The number of methoxy groups -OCH3 is 1. The minimum atomic E-state index is 0.0102. The number of benzene rings is 1. The number of hydrogen-bond donors (Lipinski definition) is 1. The molecule has 0 aliphatic rings. The normalized spacial score (nSPS) is 10.9. The van der Waals surface area contributed by atoms with Gasteiger partial charge in [-0.2, -0.15) is 0 Å². The van der Waals surface area contributed by atoms with Crippen LogP contribution in [0.4, 0.5) is 5.13 Å². The van der Waals surface area contributed by atoms with E-state index in [0.29, 0.717) is 17.5 Å². The lowest BCUT2D eigenvalue weighted by molar-refractivity contribution is -0.116. The molecule has 1 amide bonds. The molecule has 18 heavy (non-hydrogen) atoms. The zero-order chi connectivity index (χ0) is 13.1. The molecule has 1 heterocycles. The number of thiazole rings is 1. The Morgan fingerprint density at radius 3 is 2.94 bits per heavy atom. The molecule has 0 aliphatic heterocycles. The summed E-state index contributed by atoms with van der Waals surface area (Å²) in [5.41, 5.74) is 0.876. The lowest BCUT2D eigenvalue weighted by Crippen LogP contribution is -2.13. The predicted molar refractivity (Wildman–Crippen MR) is 74.3 cm³/mol. The van der Waals surface area contributed by atoms with Crippen LogP contribution in [0.1, 0.15) is 20.3 Å². The van der Waals surface area contributed by atoms with Crippen LogP contribution in [0.15, 0.2) is 18.2 Å². The molecule has 0 bridgehead atoms. The highest BCUT2D eigenvalue weighted by Gasteiger charge is 2.09. The van der Waals surface area contributed by atoms with Crippen molar-refractivity contribution in [1.29, 1.82) is 0 Å². The number of nitrogens with one attached hydrogen (secondary N) is 1. The summed E-state index contributed by atoms with van der Waals surface area (Å²) in [6.45, 7) is 4.03. The van der Waals surface area contributed by atoms with E-state index in [1.807, 2.05) is 32.0 Å². The number of carbonyl (C=O) groups excluding carboxylic acids is 1. The number of nitrogens with zero attached hydrogens (tertiary/aromatic N) is 1. The molecular weight excluding hydrogens is 248 g/mol. The minimum Gasteiger partial charge on any atom is -0.497 e. The largest absolute Gasteiger partial charge is 0.497 e. The fourth-order valence-electron chi connectivity index (χ4n) is 1.63. The second-order valence-corrected chi connectivity index (χ2v) is 5.53. The Morgan fingerprint density at radius 1 is 1.50 bits per heavy atom. The first-order chi connectivity index (χ1) is 8.58. The number of anilines is 1. The zero-order valence-corrected chi connectivity index (χ0v) is 11.5. The Labute approximate surface area is 110 Å². The van der Waals surface area contributed by atoms with E-state index in [2.05, 4.69) is 10.3 Å². The fourth-order valence-corrected chi connectivity index (χ4v) is 2.54. The van der Waals surface area contributed by atoms with Crippen LogP contribution in [0.2, 0.25) is 0 Å². The third kappa shape index (κ3) is 2.98. The highest BCUT2D eigenvalue weighted by atomic mass is 32.1. The van der Waals surface area contributed by atoms with Gasteiger partial charge in [-0.3, -0.25) is 4.79 Å². The van der Waals surface area contributed by atoms with Crippen LogP contribution < -0.4 is 10.1 Å².